The van der Waals surface area contributed by atoms with Crippen molar-refractivity contribution < 1.29 is 0 Å². The number of nitrogens with one attached hydrogen (secondary N) is 1. The second-order valence-electron chi connectivity index (χ2n) is 4.55. The van der Waals surface area contributed by atoms with E-state index in [1.54, 1.807) is 7.05 Å². The fourth-order valence-corrected chi connectivity index (χ4v) is 2.08. The minimum Gasteiger partial charge on any atom is -0.314 e. The summed E-state index contributed by atoms with van der Waals surface area (Å²) >= 11 is 0. The Balaban J connectivity index is 1.89. The van der Waals surface area contributed by atoms with Gasteiger partial charge in [0, 0.05) is 24.9 Å². The minimum absolute atomic E-state index is 0.377. The Morgan fingerprint density at radius 1 is 1.32 bits per heavy atom. The fraction of sp³-hybridized carbons (Fsp3) is 0.538. The Labute approximate surface area is 113 Å². The number of aromatic nitrogens is 5. The Hall–Kier alpha value is -1.82. The van der Waals surface area contributed by atoms with Gasteiger partial charge in [-0.15, -0.1) is 10.2 Å². The van der Waals surface area contributed by atoms with Gasteiger partial charge >= 0.3 is 0 Å². The van der Waals surface area contributed by atoms with E-state index in [0.717, 1.165) is 31.6 Å². The molecule has 2 rings (SSSR count). The molecule has 6 nitrogen and oxygen atoms in total. The maximum absolute atomic E-state index is 4.23. The Morgan fingerprint density at radius 2 is 2.11 bits per heavy atom. The zero-order chi connectivity index (χ0) is 13.5. The molecule has 0 aliphatic rings. The van der Waals surface area contributed by atoms with E-state index in [1.165, 1.54) is 10.4 Å². The van der Waals surface area contributed by atoms with Crippen LogP contribution in [0.1, 0.15) is 24.7 Å². The van der Waals surface area contributed by atoms with Gasteiger partial charge in [-0.25, -0.2) is 0 Å². The molecular formula is C13H20N6. The molecule has 0 aromatic carbocycles. The molecule has 0 spiro atoms. The maximum Gasteiger partial charge on any atom is 0.176 e. The number of hydrogen-bond acceptors (Lipinski definition) is 5. The van der Waals surface area contributed by atoms with Crippen LogP contribution in [0.5, 0.6) is 0 Å². The lowest BCUT2D eigenvalue weighted by Gasteiger charge is -2.15. The van der Waals surface area contributed by atoms with Crippen LogP contribution in [0.25, 0.3) is 0 Å². The molecule has 0 saturated carbocycles. The third kappa shape index (κ3) is 4.40. The normalized spacial score (nSPS) is 12.5. The smallest absolute Gasteiger partial charge is 0.176 e. The monoisotopic (exact) mass is 260 g/mol. The van der Waals surface area contributed by atoms with Crippen LogP contribution >= 0.6 is 0 Å². The van der Waals surface area contributed by atoms with Crippen molar-refractivity contribution in [2.45, 2.75) is 32.2 Å². The highest BCUT2D eigenvalue weighted by atomic mass is 15.6. The zero-order valence-electron chi connectivity index (χ0n) is 11.5. The Morgan fingerprint density at radius 3 is 2.74 bits per heavy atom. The van der Waals surface area contributed by atoms with Gasteiger partial charge in [-0.2, -0.15) is 4.80 Å². The van der Waals surface area contributed by atoms with E-state index in [-0.39, 0.29) is 0 Å². The lowest BCUT2D eigenvalue weighted by Crippen LogP contribution is -2.32. The largest absolute Gasteiger partial charge is 0.314 e. The van der Waals surface area contributed by atoms with Gasteiger partial charge in [-0.05, 0) is 42.3 Å². The molecule has 0 saturated heterocycles. The lowest BCUT2D eigenvalue weighted by atomic mass is 10.0. The van der Waals surface area contributed by atoms with Crippen molar-refractivity contribution >= 4 is 0 Å². The Kier molecular flexibility index (Phi) is 4.97. The molecule has 0 aliphatic heterocycles. The zero-order valence-corrected chi connectivity index (χ0v) is 11.5. The summed E-state index contributed by atoms with van der Waals surface area (Å²) in [6.07, 6.45) is 6.56. The van der Waals surface area contributed by atoms with E-state index in [1.807, 2.05) is 12.4 Å². The van der Waals surface area contributed by atoms with E-state index in [2.05, 4.69) is 44.8 Å². The highest BCUT2D eigenvalue weighted by Gasteiger charge is 2.12. The molecule has 2 aromatic heterocycles. The van der Waals surface area contributed by atoms with Gasteiger partial charge in [0.05, 0.1) is 7.05 Å². The molecule has 1 unspecified atom stereocenters. The highest BCUT2D eigenvalue weighted by molar-refractivity contribution is 5.10. The average Bonchev–Trinajstić information content (AvgIpc) is 2.83. The molecule has 0 amide bonds. The summed E-state index contributed by atoms with van der Waals surface area (Å²) < 4.78 is 0. The third-order valence-electron chi connectivity index (χ3n) is 3.00. The summed E-state index contributed by atoms with van der Waals surface area (Å²) in [6, 6.07) is 4.50. The van der Waals surface area contributed by atoms with Crippen LogP contribution in [-0.4, -0.2) is 37.8 Å². The first-order valence-corrected chi connectivity index (χ1v) is 6.63. The van der Waals surface area contributed by atoms with Gasteiger partial charge in [0.1, 0.15) is 0 Å². The van der Waals surface area contributed by atoms with Crippen molar-refractivity contribution in [1.29, 1.82) is 0 Å². The second-order valence-corrected chi connectivity index (χ2v) is 4.55. The molecular weight excluding hydrogens is 240 g/mol. The number of pyridine rings is 1. The quantitative estimate of drug-likeness (QED) is 0.796. The number of hydrogen-bond donors (Lipinski definition) is 1. The molecule has 0 bridgehead atoms. The predicted molar refractivity (Wildman–Crippen MR) is 72.5 cm³/mol. The van der Waals surface area contributed by atoms with Gasteiger partial charge in [-0.1, -0.05) is 6.92 Å². The van der Waals surface area contributed by atoms with Crippen molar-refractivity contribution in [2.24, 2.45) is 7.05 Å². The predicted octanol–water partition coefficient (Wildman–Crippen LogP) is 0.758. The summed E-state index contributed by atoms with van der Waals surface area (Å²) in [6.45, 7) is 3.06. The van der Waals surface area contributed by atoms with E-state index in [0.29, 0.717) is 6.04 Å². The number of rotatable bonds is 7. The summed E-state index contributed by atoms with van der Waals surface area (Å²) in [5.74, 6) is 0.795. The number of aryl methyl sites for hydroxylation is 2. The minimum atomic E-state index is 0.377. The molecule has 6 heteroatoms. The van der Waals surface area contributed by atoms with Crippen molar-refractivity contribution in [3.8, 4) is 0 Å². The van der Waals surface area contributed by atoms with Crippen molar-refractivity contribution in [1.82, 2.24) is 30.5 Å². The van der Waals surface area contributed by atoms with Gasteiger partial charge < -0.3 is 5.32 Å². The van der Waals surface area contributed by atoms with Gasteiger partial charge in [0.15, 0.2) is 5.82 Å². The van der Waals surface area contributed by atoms with E-state index in [4.69, 9.17) is 0 Å². The van der Waals surface area contributed by atoms with Crippen LogP contribution in [0.15, 0.2) is 24.5 Å². The van der Waals surface area contributed by atoms with E-state index in [9.17, 15) is 0 Å². The lowest BCUT2D eigenvalue weighted by molar-refractivity contribution is 0.480. The van der Waals surface area contributed by atoms with Crippen LogP contribution in [0, 0.1) is 0 Å². The fourth-order valence-electron chi connectivity index (χ4n) is 2.08. The topological polar surface area (TPSA) is 68.5 Å². The van der Waals surface area contributed by atoms with Crippen LogP contribution in [0.2, 0.25) is 0 Å². The molecule has 1 atom stereocenters. The molecule has 2 heterocycles. The first kappa shape index (κ1) is 13.6. The van der Waals surface area contributed by atoms with Crippen LogP contribution < -0.4 is 5.32 Å². The second kappa shape index (κ2) is 6.94. The summed E-state index contributed by atoms with van der Waals surface area (Å²) in [5.41, 5.74) is 1.31. The Bertz CT molecular complexity index is 481. The molecule has 0 radical (unpaired) electrons. The van der Waals surface area contributed by atoms with Gasteiger partial charge in [0.25, 0.3) is 0 Å². The van der Waals surface area contributed by atoms with E-state index < -0.39 is 0 Å². The first-order chi connectivity index (χ1) is 9.28. The molecule has 19 heavy (non-hydrogen) atoms. The number of tetrazole rings is 1. The molecule has 2 aromatic rings. The summed E-state index contributed by atoms with van der Waals surface area (Å²) in [4.78, 5) is 5.53. The van der Waals surface area contributed by atoms with Crippen molar-refractivity contribution in [3.63, 3.8) is 0 Å². The number of likely N-dealkylation sites (N-methyl/N-ethyl adjacent to an activating group) is 1. The third-order valence-corrected chi connectivity index (χ3v) is 3.00. The van der Waals surface area contributed by atoms with Crippen molar-refractivity contribution in [3.05, 3.63) is 35.9 Å². The van der Waals surface area contributed by atoms with Crippen LogP contribution in [0.3, 0.4) is 0 Å². The average molecular weight is 260 g/mol. The standard InChI is InChI=1S/C13H20N6/c1-3-15-12(10-13-16-18-19(2)17-13)5-4-11-6-8-14-9-7-11/h6-9,12,15H,3-5,10H2,1-2H3. The SMILES string of the molecule is CCNC(CCc1ccncc1)Cc1nnn(C)n1. The first-order valence-electron chi connectivity index (χ1n) is 6.63. The van der Waals surface area contributed by atoms with Gasteiger partial charge in [-0.3, -0.25) is 4.98 Å². The molecule has 0 fully saturated rings. The van der Waals surface area contributed by atoms with Crippen molar-refractivity contribution in [2.75, 3.05) is 6.54 Å². The summed E-state index contributed by atoms with van der Waals surface area (Å²) in [5, 5.41) is 15.6. The van der Waals surface area contributed by atoms with E-state index >= 15 is 0 Å². The van der Waals surface area contributed by atoms with Gasteiger partial charge in [0.2, 0.25) is 0 Å². The van der Waals surface area contributed by atoms with Crippen LogP contribution in [0.4, 0.5) is 0 Å². The molecule has 0 aliphatic carbocycles. The number of nitrogens with zero attached hydrogens (tertiary/aromatic N) is 5. The summed E-state index contributed by atoms with van der Waals surface area (Å²) in [7, 11) is 1.79. The molecule has 1 N–H and O–H groups in total. The van der Waals surface area contributed by atoms with Crippen LogP contribution in [-0.2, 0) is 19.9 Å². The maximum atomic E-state index is 4.23. The highest BCUT2D eigenvalue weighted by Crippen LogP contribution is 2.07. The molecule has 102 valence electrons.